The summed E-state index contributed by atoms with van der Waals surface area (Å²) in [4.78, 5) is 20.9. The Hall–Kier alpha value is -1.36. The lowest BCUT2D eigenvalue weighted by atomic mass is 10.2. The molecular weight excluding hydrogens is 228 g/mol. The van der Waals surface area contributed by atoms with Gasteiger partial charge in [0.25, 0.3) is 5.56 Å². The van der Waals surface area contributed by atoms with Crippen molar-refractivity contribution >= 4 is 5.82 Å². The zero-order chi connectivity index (χ0) is 12.8. The fourth-order valence-corrected chi connectivity index (χ4v) is 2.38. The van der Waals surface area contributed by atoms with Crippen LogP contribution < -0.4 is 15.8 Å². The van der Waals surface area contributed by atoms with E-state index in [9.17, 15) is 4.79 Å². The number of hydrogen-bond acceptors (Lipinski definition) is 4. The highest BCUT2D eigenvalue weighted by atomic mass is 16.1. The quantitative estimate of drug-likeness (QED) is 0.794. The van der Waals surface area contributed by atoms with Crippen LogP contribution in [-0.4, -0.2) is 35.6 Å². The fourth-order valence-electron chi connectivity index (χ4n) is 2.38. The number of hydrogen-bond donors (Lipinski definition) is 2. The van der Waals surface area contributed by atoms with Crippen LogP contribution in [0.5, 0.6) is 0 Å². The Kier molecular flexibility index (Phi) is 4.75. The molecule has 1 atom stereocenters. The zero-order valence-electron chi connectivity index (χ0n) is 11.0. The van der Waals surface area contributed by atoms with Gasteiger partial charge in [0.1, 0.15) is 0 Å². The second kappa shape index (κ2) is 6.54. The summed E-state index contributed by atoms with van der Waals surface area (Å²) >= 11 is 0. The maximum atomic E-state index is 11.8. The van der Waals surface area contributed by atoms with Crippen LogP contribution >= 0.6 is 0 Å². The van der Waals surface area contributed by atoms with Crippen molar-refractivity contribution in [3.05, 3.63) is 22.7 Å². The van der Waals surface area contributed by atoms with Gasteiger partial charge in [0, 0.05) is 31.5 Å². The first kappa shape index (κ1) is 13.1. The smallest absolute Gasteiger partial charge is 0.290 e. The minimum atomic E-state index is -0.0911. The first-order valence-corrected chi connectivity index (χ1v) is 6.83. The van der Waals surface area contributed by atoms with Gasteiger partial charge in [0.05, 0.1) is 0 Å². The van der Waals surface area contributed by atoms with Gasteiger partial charge in [0.15, 0.2) is 5.82 Å². The molecule has 18 heavy (non-hydrogen) atoms. The Morgan fingerprint density at radius 2 is 2.44 bits per heavy atom. The third-order valence-corrected chi connectivity index (χ3v) is 3.37. The van der Waals surface area contributed by atoms with Crippen molar-refractivity contribution in [2.45, 2.75) is 38.6 Å². The largest absolute Gasteiger partial charge is 0.350 e. The highest BCUT2D eigenvalue weighted by Crippen LogP contribution is 2.11. The number of anilines is 1. The Morgan fingerprint density at radius 3 is 3.11 bits per heavy atom. The van der Waals surface area contributed by atoms with Gasteiger partial charge >= 0.3 is 0 Å². The van der Waals surface area contributed by atoms with Crippen molar-refractivity contribution in [3.63, 3.8) is 0 Å². The molecule has 0 saturated carbocycles. The fraction of sp³-hybridized carbons (Fsp3) is 0.692. The Balaban J connectivity index is 2.08. The molecule has 0 spiro atoms. The van der Waals surface area contributed by atoms with E-state index in [2.05, 4.69) is 27.1 Å². The van der Waals surface area contributed by atoms with Crippen molar-refractivity contribution in [1.82, 2.24) is 15.3 Å². The van der Waals surface area contributed by atoms with Crippen LogP contribution in [0.3, 0.4) is 0 Å². The van der Waals surface area contributed by atoms with Crippen molar-refractivity contribution in [3.8, 4) is 0 Å². The summed E-state index contributed by atoms with van der Waals surface area (Å²) in [5.41, 5.74) is -0.0911. The maximum Gasteiger partial charge on any atom is 0.290 e. The van der Waals surface area contributed by atoms with Crippen molar-refractivity contribution in [2.75, 3.05) is 24.5 Å². The zero-order valence-corrected chi connectivity index (χ0v) is 11.0. The van der Waals surface area contributed by atoms with Crippen molar-refractivity contribution < 1.29 is 0 Å². The number of unbranched alkanes of at least 4 members (excludes halogenated alkanes) is 1. The van der Waals surface area contributed by atoms with Gasteiger partial charge < -0.3 is 15.2 Å². The molecule has 0 amide bonds. The third-order valence-electron chi connectivity index (χ3n) is 3.37. The van der Waals surface area contributed by atoms with Crippen LogP contribution in [0.2, 0.25) is 0 Å². The summed E-state index contributed by atoms with van der Waals surface area (Å²) in [6, 6.07) is 0.489. The third kappa shape index (κ3) is 3.32. The lowest BCUT2D eigenvalue weighted by molar-refractivity contribution is 0.567. The molecule has 5 heteroatoms. The minimum Gasteiger partial charge on any atom is -0.350 e. The number of nitrogens with zero attached hydrogens (tertiary/aromatic N) is 2. The Morgan fingerprint density at radius 1 is 1.56 bits per heavy atom. The summed E-state index contributed by atoms with van der Waals surface area (Å²) in [6.45, 7) is 5.02. The van der Waals surface area contributed by atoms with E-state index in [1.165, 1.54) is 12.8 Å². The Labute approximate surface area is 108 Å². The van der Waals surface area contributed by atoms with Crippen LogP contribution in [0.15, 0.2) is 17.2 Å². The molecule has 2 N–H and O–H groups in total. The second-order valence-corrected chi connectivity index (χ2v) is 4.83. The molecule has 1 aromatic rings. The van der Waals surface area contributed by atoms with Gasteiger partial charge in [-0.2, -0.15) is 0 Å². The molecular formula is C13H22N4O. The number of rotatable bonds is 6. The molecule has 2 rings (SSSR count). The van der Waals surface area contributed by atoms with Crippen molar-refractivity contribution in [2.24, 2.45) is 0 Å². The molecule has 2 heterocycles. The maximum absolute atomic E-state index is 11.8. The predicted octanol–water partition coefficient (Wildman–Crippen LogP) is 1.13. The van der Waals surface area contributed by atoms with Gasteiger partial charge in [-0.15, -0.1) is 0 Å². The molecule has 100 valence electrons. The molecule has 0 aliphatic carbocycles. The monoisotopic (exact) mass is 250 g/mol. The molecule has 1 aromatic heterocycles. The van der Waals surface area contributed by atoms with Crippen molar-refractivity contribution in [1.29, 1.82) is 0 Å². The SMILES string of the molecule is CCCCN(CC1CCCN1)c1ncc[nH]c1=O. The average molecular weight is 250 g/mol. The van der Waals surface area contributed by atoms with Gasteiger partial charge in [-0.3, -0.25) is 4.79 Å². The average Bonchev–Trinajstić information content (AvgIpc) is 2.88. The van der Waals surface area contributed by atoms with Gasteiger partial charge in [0.2, 0.25) is 0 Å². The molecule has 0 bridgehead atoms. The molecule has 0 aromatic carbocycles. The normalized spacial score (nSPS) is 19.1. The topological polar surface area (TPSA) is 61.0 Å². The lowest BCUT2D eigenvalue weighted by Crippen LogP contribution is -2.41. The summed E-state index contributed by atoms with van der Waals surface area (Å²) in [6.07, 6.45) is 7.86. The summed E-state index contributed by atoms with van der Waals surface area (Å²) in [5, 5.41) is 3.47. The first-order valence-electron chi connectivity index (χ1n) is 6.83. The molecule has 0 radical (unpaired) electrons. The number of H-pyrrole nitrogens is 1. The molecule has 5 nitrogen and oxygen atoms in total. The molecule has 1 saturated heterocycles. The minimum absolute atomic E-state index is 0.0911. The van der Waals surface area contributed by atoms with E-state index in [-0.39, 0.29) is 5.56 Å². The molecule has 1 aliphatic rings. The number of aromatic amines is 1. The highest BCUT2D eigenvalue weighted by Gasteiger charge is 2.20. The molecule has 1 unspecified atom stereocenters. The van der Waals surface area contributed by atoms with E-state index < -0.39 is 0 Å². The summed E-state index contributed by atoms with van der Waals surface area (Å²) in [5.74, 6) is 0.555. The molecule has 1 fully saturated rings. The van der Waals surface area contributed by atoms with E-state index in [1.807, 2.05) is 0 Å². The van der Waals surface area contributed by atoms with E-state index in [4.69, 9.17) is 0 Å². The van der Waals surface area contributed by atoms with E-state index in [1.54, 1.807) is 12.4 Å². The van der Waals surface area contributed by atoms with E-state index in [0.29, 0.717) is 11.9 Å². The van der Waals surface area contributed by atoms with Crippen LogP contribution in [0.25, 0.3) is 0 Å². The Bertz CT molecular complexity index is 411. The highest BCUT2D eigenvalue weighted by molar-refractivity contribution is 5.35. The van der Waals surface area contributed by atoms with E-state index in [0.717, 1.165) is 32.5 Å². The van der Waals surface area contributed by atoms with Gasteiger partial charge in [-0.05, 0) is 25.8 Å². The second-order valence-electron chi connectivity index (χ2n) is 4.83. The number of nitrogens with one attached hydrogen (secondary N) is 2. The van der Waals surface area contributed by atoms with Gasteiger partial charge in [-0.25, -0.2) is 4.98 Å². The molecule has 1 aliphatic heterocycles. The first-order chi connectivity index (χ1) is 8.81. The van der Waals surface area contributed by atoms with Crippen LogP contribution in [-0.2, 0) is 0 Å². The van der Waals surface area contributed by atoms with Crippen LogP contribution in [0.4, 0.5) is 5.82 Å². The van der Waals surface area contributed by atoms with E-state index >= 15 is 0 Å². The van der Waals surface area contributed by atoms with Crippen LogP contribution in [0.1, 0.15) is 32.6 Å². The van der Waals surface area contributed by atoms with Crippen LogP contribution in [0, 0.1) is 0 Å². The summed E-state index contributed by atoms with van der Waals surface area (Å²) < 4.78 is 0. The summed E-state index contributed by atoms with van der Waals surface area (Å²) in [7, 11) is 0. The van der Waals surface area contributed by atoms with Gasteiger partial charge in [-0.1, -0.05) is 13.3 Å². The standard InChI is InChI=1S/C13H22N4O/c1-2-3-9-17(10-11-5-4-6-14-11)12-13(18)16-8-7-15-12/h7-8,11,14H,2-6,9-10H2,1H3,(H,16,18). The predicted molar refractivity (Wildman–Crippen MR) is 73.0 cm³/mol. The lowest BCUT2D eigenvalue weighted by Gasteiger charge is -2.25. The number of aromatic nitrogens is 2.